The minimum atomic E-state index is -0.000879. The highest BCUT2D eigenvalue weighted by Crippen LogP contribution is 2.30. The molecule has 0 bridgehead atoms. The Labute approximate surface area is 133 Å². The summed E-state index contributed by atoms with van der Waals surface area (Å²) in [6, 6.07) is 13.7. The second kappa shape index (κ2) is 6.02. The van der Waals surface area contributed by atoms with Crippen LogP contribution in [0.4, 0.5) is 5.69 Å². The van der Waals surface area contributed by atoms with Gasteiger partial charge < -0.3 is 14.5 Å². The minimum absolute atomic E-state index is 0.000879. The third-order valence-corrected chi connectivity index (χ3v) is 4.13. The Bertz CT molecular complexity index is 850. The van der Waals surface area contributed by atoms with Crippen LogP contribution in [-0.2, 0) is 9.53 Å². The van der Waals surface area contributed by atoms with E-state index in [-0.39, 0.29) is 5.91 Å². The van der Waals surface area contributed by atoms with Crippen molar-refractivity contribution in [1.29, 1.82) is 0 Å². The van der Waals surface area contributed by atoms with Crippen molar-refractivity contribution in [2.45, 2.75) is 0 Å². The summed E-state index contributed by atoms with van der Waals surface area (Å²) >= 11 is 0. The molecule has 1 aromatic heterocycles. The summed E-state index contributed by atoms with van der Waals surface area (Å²) in [5.74, 6) is -0.000879. The normalized spacial score (nSPS) is 16.0. The lowest BCUT2D eigenvalue weighted by Gasteiger charge is -2.25. The van der Waals surface area contributed by atoms with Crippen molar-refractivity contribution < 1.29 is 13.9 Å². The lowest BCUT2D eigenvalue weighted by atomic mass is 10.1. The predicted octanol–water partition coefficient (Wildman–Crippen LogP) is 2.86. The van der Waals surface area contributed by atoms with Crippen molar-refractivity contribution >= 4 is 33.5 Å². The number of hydrogen-bond acceptors (Lipinski definition) is 4. The Morgan fingerprint density at radius 1 is 1.04 bits per heavy atom. The Kier molecular flexibility index (Phi) is 3.73. The molecule has 0 spiro atoms. The van der Waals surface area contributed by atoms with Crippen molar-refractivity contribution in [3.63, 3.8) is 0 Å². The summed E-state index contributed by atoms with van der Waals surface area (Å²) in [7, 11) is 0. The van der Waals surface area contributed by atoms with Gasteiger partial charge in [-0.15, -0.1) is 0 Å². The topological polar surface area (TPSA) is 54.7 Å². The van der Waals surface area contributed by atoms with E-state index in [1.165, 1.54) is 0 Å². The number of carbonyl (C=O) groups is 1. The number of nitrogens with one attached hydrogen (secondary N) is 1. The van der Waals surface area contributed by atoms with Crippen LogP contribution >= 0.6 is 0 Å². The van der Waals surface area contributed by atoms with Crippen molar-refractivity contribution in [2.24, 2.45) is 0 Å². The molecule has 5 nitrogen and oxygen atoms in total. The van der Waals surface area contributed by atoms with E-state index in [0.29, 0.717) is 19.8 Å². The van der Waals surface area contributed by atoms with Crippen LogP contribution in [0, 0.1) is 0 Å². The number of amides is 1. The lowest BCUT2D eigenvalue weighted by Crippen LogP contribution is -2.41. The average molecular weight is 310 g/mol. The van der Waals surface area contributed by atoms with Crippen LogP contribution in [0.3, 0.4) is 0 Å². The van der Waals surface area contributed by atoms with Gasteiger partial charge >= 0.3 is 0 Å². The molecule has 2 heterocycles. The molecular formula is C18H18N2O3. The van der Waals surface area contributed by atoms with Crippen LogP contribution in [-0.4, -0.2) is 43.7 Å². The van der Waals surface area contributed by atoms with E-state index in [2.05, 4.69) is 10.2 Å². The van der Waals surface area contributed by atoms with Crippen molar-refractivity contribution in [3.8, 4) is 0 Å². The molecule has 1 N–H and O–H groups in total. The molecule has 1 amide bonds. The number of ether oxygens (including phenoxy) is 1. The lowest BCUT2D eigenvalue weighted by molar-refractivity contribution is -0.118. The van der Waals surface area contributed by atoms with E-state index < -0.39 is 0 Å². The maximum Gasteiger partial charge on any atom is 0.238 e. The highest BCUT2D eigenvalue weighted by atomic mass is 16.5. The third-order valence-electron chi connectivity index (χ3n) is 4.13. The fourth-order valence-electron chi connectivity index (χ4n) is 2.97. The van der Waals surface area contributed by atoms with Crippen molar-refractivity contribution in [3.05, 3.63) is 42.5 Å². The van der Waals surface area contributed by atoms with Gasteiger partial charge in [-0.2, -0.15) is 0 Å². The van der Waals surface area contributed by atoms with Crippen LogP contribution < -0.4 is 5.32 Å². The quantitative estimate of drug-likeness (QED) is 0.808. The van der Waals surface area contributed by atoms with Crippen LogP contribution in [0.1, 0.15) is 0 Å². The van der Waals surface area contributed by atoms with E-state index in [4.69, 9.17) is 9.15 Å². The molecule has 1 aliphatic rings. The fourth-order valence-corrected chi connectivity index (χ4v) is 2.97. The van der Waals surface area contributed by atoms with Gasteiger partial charge in [-0.3, -0.25) is 9.69 Å². The fraction of sp³-hybridized carbons (Fsp3) is 0.278. The number of hydrogen-bond donors (Lipinski definition) is 1. The molecule has 0 atom stereocenters. The summed E-state index contributed by atoms with van der Waals surface area (Å²) in [5, 5.41) is 5.05. The molecule has 1 fully saturated rings. The zero-order valence-corrected chi connectivity index (χ0v) is 12.7. The molecule has 1 aliphatic heterocycles. The van der Waals surface area contributed by atoms with Gasteiger partial charge in [0.2, 0.25) is 5.91 Å². The summed E-state index contributed by atoms with van der Waals surface area (Å²) in [6.45, 7) is 3.39. The van der Waals surface area contributed by atoms with Crippen molar-refractivity contribution in [2.75, 3.05) is 38.2 Å². The third kappa shape index (κ3) is 2.93. The molecule has 0 aliphatic carbocycles. The zero-order valence-electron chi connectivity index (χ0n) is 12.7. The van der Waals surface area contributed by atoms with Gasteiger partial charge in [0, 0.05) is 29.5 Å². The van der Waals surface area contributed by atoms with Gasteiger partial charge in [0.15, 0.2) is 0 Å². The molecule has 23 heavy (non-hydrogen) atoms. The number of fused-ring (bicyclic) bond motifs is 3. The minimum Gasteiger partial charge on any atom is -0.456 e. The first-order valence-corrected chi connectivity index (χ1v) is 7.81. The van der Waals surface area contributed by atoms with E-state index in [1.54, 1.807) is 0 Å². The highest BCUT2D eigenvalue weighted by Gasteiger charge is 2.14. The molecule has 0 radical (unpaired) electrons. The largest absolute Gasteiger partial charge is 0.456 e. The summed E-state index contributed by atoms with van der Waals surface area (Å²) in [4.78, 5) is 14.3. The van der Waals surface area contributed by atoms with Gasteiger partial charge in [-0.25, -0.2) is 0 Å². The number of benzene rings is 2. The number of para-hydroxylation sites is 1. The molecule has 5 heteroatoms. The monoisotopic (exact) mass is 310 g/mol. The molecule has 0 saturated carbocycles. The molecule has 2 aromatic carbocycles. The maximum atomic E-state index is 12.2. The first kappa shape index (κ1) is 14.2. The smallest absolute Gasteiger partial charge is 0.238 e. The van der Waals surface area contributed by atoms with E-state index >= 15 is 0 Å². The van der Waals surface area contributed by atoms with Gasteiger partial charge in [0.1, 0.15) is 11.2 Å². The number of nitrogens with zero attached hydrogens (tertiary/aromatic N) is 1. The maximum absolute atomic E-state index is 12.2. The van der Waals surface area contributed by atoms with Crippen LogP contribution in [0.25, 0.3) is 21.9 Å². The highest BCUT2D eigenvalue weighted by molar-refractivity contribution is 6.07. The van der Waals surface area contributed by atoms with E-state index in [0.717, 1.165) is 40.7 Å². The number of furan rings is 1. The second-order valence-corrected chi connectivity index (χ2v) is 5.75. The van der Waals surface area contributed by atoms with Gasteiger partial charge in [-0.1, -0.05) is 18.2 Å². The summed E-state index contributed by atoms with van der Waals surface area (Å²) in [5.41, 5.74) is 2.49. The van der Waals surface area contributed by atoms with Crippen molar-refractivity contribution in [1.82, 2.24) is 4.90 Å². The zero-order chi connectivity index (χ0) is 15.6. The van der Waals surface area contributed by atoms with Gasteiger partial charge in [-0.05, 0) is 24.3 Å². The molecule has 118 valence electrons. The molecule has 3 aromatic rings. The van der Waals surface area contributed by atoms with Crippen LogP contribution in [0.2, 0.25) is 0 Å². The Balaban J connectivity index is 1.54. The summed E-state index contributed by atoms with van der Waals surface area (Å²) in [6.07, 6.45) is 0. The predicted molar refractivity (Wildman–Crippen MR) is 89.6 cm³/mol. The van der Waals surface area contributed by atoms with E-state index in [1.807, 2.05) is 42.5 Å². The Morgan fingerprint density at radius 3 is 2.70 bits per heavy atom. The van der Waals surface area contributed by atoms with Gasteiger partial charge in [0.05, 0.1) is 19.8 Å². The number of carbonyl (C=O) groups excluding carboxylic acids is 1. The SMILES string of the molecule is O=C(CN1CCOCC1)Nc1ccc2oc3ccccc3c2c1. The van der Waals surface area contributed by atoms with Gasteiger partial charge in [0.25, 0.3) is 0 Å². The van der Waals surface area contributed by atoms with Crippen LogP contribution in [0.15, 0.2) is 46.9 Å². The average Bonchev–Trinajstić information content (AvgIpc) is 2.94. The molecule has 4 rings (SSSR count). The number of anilines is 1. The van der Waals surface area contributed by atoms with E-state index in [9.17, 15) is 4.79 Å². The standard InChI is InChI=1S/C18H18N2O3/c21-18(12-20-7-9-22-10-8-20)19-13-5-6-17-15(11-13)14-3-1-2-4-16(14)23-17/h1-6,11H,7-10,12H2,(H,19,21). The number of rotatable bonds is 3. The Hall–Kier alpha value is -2.37. The first-order valence-electron chi connectivity index (χ1n) is 7.81. The second-order valence-electron chi connectivity index (χ2n) is 5.75. The van der Waals surface area contributed by atoms with Crippen LogP contribution in [0.5, 0.6) is 0 Å². The number of morpholine rings is 1. The molecule has 0 unspecified atom stereocenters. The Morgan fingerprint density at radius 2 is 1.83 bits per heavy atom. The first-order chi connectivity index (χ1) is 11.3. The molecular weight excluding hydrogens is 292 g/mol. The molecule has 1 saturated heterocycles. The summed E-state index contributed by atoms with van der Waals surface area (Å²) < 4.78 is 11.1.